The Bertz CT molecular complexity index is 593. The molecule has 0 spiro atoms. The van der Waals surface area contributed by atoms with E-state index in [1.165, 1.54) is 6.26 Å². The Kier molecular flexibility index (Phi) is 5.54. The van der Waals surface area contributed by atoms with Crippen LogP contribution in [0.3, 0.4) is 0 Å². The van der Waals surface area contributed by atoms with Gasteiger partial charge in [-0.05, 0) is 24.1 Å². The van der Waals surface area contributed by atoms with Crippen LogP contribution in [0.1, 0.15) is 34.2 Å². The highest BCUT2D eigenvalue weighted by molar-refractivity contribution is 5.93. The van der Waals surface area contributed by atoms with Gasteiger partial charge in [-0.2, -0.15) is 0 Å². The summed E-state index contributed by atoms with van der Waals surface area (Å²) >= 11 is 0. The smallest absolute Gasteiger partial charge is 0.254 e. The summed E-state index contributed by atoms with van der Waals surface area (Å²) < 4.78 is 10.6. The summed E-state index contributed by atoms with van der Waals surface area (Å²) in [5.74, 6) is 0.418. The van der Waals surface area contributed by atoms with Crippen LogP contribution >= 0.6 is 0 Å². The molecule has 0 aliphatic heterocycles. The lowest BCUT2D eigenvalue weighted by Crippen LogP contribution is -2.23. The molecule has 0 radical (unpaired) electrons. The number of carbonyl (C=O) groups is 1. The summed E-state index contributed by atoms with van der Waals surface area (Å²) in [4.78, 5) is 12.0. The number of nitrogens with two attached hydrogens (primary N) is 1. The zero-order valence-corrected chi connectivity index (χ0v) is 12.1. The Morgan fingerprint density at radius 1 is 1.33 bits per heavy atom. The quantitative estimate of drug-likeness (QED) is 0.819. The van der Waals surface area contributed by atoms with Crippen LogP contribution in [-0.4, -0.2) is 12.5 Å². The SMILES string of the molecule is CCOCc1ccccc1CNC(=O)c1coc(CN)c1. The fourth-order valence-electron chi connectivity index (χ4n) is 1.97. The first-order valence-corrected chi connectivity index (χ1v) is 6.94. The number of ether oxygens (including phenoxy) is 1. The lowest BCUT2D eigenvalue weighted by atomic mass is 10.1. The average Bonchev–Trinajstić information content (AvgIpc) is 3.00. The first kappa shape index (κ1) is 15.3. The molecule has 21 heavy (non-hydrogen) atoms. The highest BCUT2D eigenvalue weighted by Crippen LogP contribution is 2.11. The van der Waals surface area contributed by atoms with Crippen LogP contribution in [0.2, 0.25) is 0 Å². The molecule has 0 aliphatic rings. The Hall–Kier alpha value is -2.11. The highest BCUT2D eigenvalue weighted by Gasteiger charge is 2.10. The fraction of sp³-hybridized carbons (Fsp3) is 0.312. The van der Waals surface area contributed by atoms with Gasteiger partial charge in [0.25, 0.3) is 5.91 Å². The second-order valence-corrected chi connectivity index (χ2v) is 4.59. The van der Waals surface area contributed by atoms with E-state index in [9.17, 15) is 4.79 Å². The van der Waals surface area contributed by atoms with Crippen molar-refractivity contribution in [3.8, 4) is 0 Å². The highest BCUT2D eigenvalue weighted by atomic mass is 16.5. The van der Waals surface area contributed by atoms with Gasteiger partial charge in [0.2, 0.25) is 0 Å². The van der Waals surface area contributed by atoms with Gasteiger partial charge in [0.15, 0.2) is 0 Å². The van der Waals surface area contributed by atoms with E-state index < -0.39 is 0 Å². The number of nitrogens with one attached hydrogen (secondary N) is 1. The van der Waals surface area contributed by atoms with Gasteiger partial charge < -0.3 is 20.2 Å². The van der Waals surface area contributed by atoms with Crippen LogP contribution in [0.25, 0.3) is 0 Å². The maximum absolute atomic E-state index is 12.0. The first-order valence-electron chi connectivity index (χ1n) is 6.94. The molecule has 1 amide bonds. The summed E-state index contributed by atoms with van der Waals surface area (Å²) in [7, 11) is 0. The van der Waals surface area contributed by atoms with E-state index >= 15 is 0 Å². The zero-order valence-electron chi connectivity index (χ0n) is 12.1. The summed E-state index contributed by atoms with van der Waals surface area (Å²) in [6, 6.07) is 9.54. The molecule has 0 unspecified atom stereocenters. The van der Waals surface area contributed by atoms with Crippen molar-refractivity contribution in [2.24, 2.45) is 5.73 Å². The van der Waals surface area contributed by atoms with Crippen molar-refractivity contribution in [1.29, 1.82) is 0 Å². The third kappa shape index (κ3) is 4.18. The first-order chi connectivity index (χ1) is 10.2. The maximum Gasteiger partial charge on any atom is 0.254 e. The number of hydrogen-bond acceptors (Lipinski definition) is 4. The standard InChI is InChI=1S/C16H20N2O3/c1-2-20-10-13-6-4-3-5-12(13)9-18-16(19)14-7-15(8-17)21-11-14/h3-7,11H,2,8-10,17H2,1H3,(H,18,19). The van der Waals surface area contributed by atoms with Gasteiger partial charge in [-0.3, -0.25) is 4.79 Å². The predicted octanol–water partition coefficient (Wildman–Crippen LogP) is 2.20. The summed E-state index contributed by atoms with van der Waals surface area (Å²) in [6.07, 6.45) is 1.42. The number of benzene rings is 1. The predicted molar refractivity (Wildman–Crippen MR) is 79.5 cm³/mol. The minimum atomic E-state index is -0.176. The van der Waals surface area contributed by atoms with Crippen LogP contribution in [0.15, 0.2) is 41.0 Å². The van der Waals surface area contributed by atoms with Gasteiger partial charge >= 0.3 is 0 Å². The van der Waals surface area contributed by atoms with Gasteiger partial charge in [-0.15, -0.1) is 0 Å². The average molecular weight is 288 g/mol. The Morgan fingerprint density at radius 2 is 2.10 bits per heavy atom. The van der Waals surface area contributed by atoms with Crippen molar-refractivity contribution in [2.75, 3.05) is 6.61 Å². The fourth-order valence-corrected chi connectivity index (χ4v) is 1.97. The van der Waals surface area contributed by atoms with Crippen LogP contribution in [-0.2, 0) is 24.4 Å². The Morgan fingerprint density at radius 3 is 2.76 bits per heavy atom. The summed E-state index contributed by atoms with van der Waals surface area (Å²) in [5, 5.41) is 2.87. The van der Waals surface area contributed by atoms with Crippen LogP contribution in [0, 0.1) is 0 Å². The minimum absolute atomic E-state index is 0.176. The molecule has 0 aliphatic carbocycles. The maximum atomic E-state index is 12.0. The van der Waals surface area contributed by atoms with Gasteiger partial charge in [0.05, 0.1) is 18.7 Å². The number of rotatable bonds is 7. The normalized spacial score (nSPS) is 10.6. The lowest BCUT2D eigenvalue weighted by Gasteiger charge is -2.10. The summed E-state index contributed by atoms with van der Waals surface area (Å²) in [5.41, 5.74) is 8.06. The number of carbonyl (C=O) groups excluding carboxylic acids is 1. The van der Waals surface area contributed by atoms with Crippen molar-refractivity contribution in [3.05, 3.63) is 59.0 Å². The van der Waals surface area contributed by atoms with E-state index in [0.717, 1.165) is 11.1 Å². The largest absolute Gasteiger partial charge is 0.467 e. The van der Waals surface area contributed by atoms with E-state index in [-0.39, 0.29) is 12.5 Å². The van der Waals surface area contributed by atoms with Gasteiger partial charge in [-0.1, -0.05) is 24.3 Å². The number of amides is 1. The third-order valence-electron chi connectivity index (χ3n) is 3.14. The number of hydrogen-bond donors (Lipinski definition) is 2. The molecule has 0 bridgehead atoms. The van der Waals surface area contributed by atoms with Crippen LogP contribution in [0.4, 0.5) is 0 Å². The summed E-state index contributed by atoms with van der Waals surface area (Å²) in [6.45, 7) is 3.90. The molecule has 1 aromatic carbocycles. The molecule has 0 fully saturated rings. The van der Waals surface area contributed by atoms with Crippen molar-refractivity contribution in [1.82, 2.24) is 5.32 Å². The minimum Gasteiger partial charge on any atom is -0.467 e. The van der Waals surface area contributed by atoms with Gasteiger partial charge in [0.1, 0.15) is 12.0 Å². The topological polar surface area (TPSA) is 77.5 Å². The Labute approximate surface area is 124 Å². The monoisotopic (exact) mass is 288 g/mol. The molecule has 112 valence electrons. The van der Waals surface area contributed by atoms with Crippen molar-refractivity contribution in [3.63, 3.8) is 0 Å². The van der Waals surface area contributed by atoms with Gasteiger partial charge in [-0.25, -0.2) is 0 Å². The van der Waals surface area contributed by atoms with Crippen molar-refractivity contribution < 1.29 is 13.9 Å². The molecule has 5 nitrogen and oxygen atoms in total. The third-order valence-corrected chi connectivity index (χ3v) is 3.14. The van der Waals surface area contributed by atoms with E-state index in [2.05, 4.69) is 5.32 Å². The van der Waals surface area contributed by atoms with Crippen LogP contribution < -0.4 is 11.1 Å². The number of furan rings is 1. The molecule has 0 saturated heterocycles. The molecule has 2 aromatic rings. The molecule has 0 saturated carbocycles. The van der Waals surface area contributed by atoms with Gasteiger partial charge in [0, 0.05) is 13.2 Å². The van der Waals surface area contributed by atoms with Crippen molar-refractivity contribution in [2.45, 2.75) is 26.6 Å². The molecule has 1 heterocycles. The molecular formula is C16H20N2O3. The molecular weight excluding hydrogens is 268 g/mol. The Balaban J connectivity index is 1.97. The van der Waals surface area contributed by atoms with E-state index in [0.29, 0.717) is 31.1 Å². The molecule has 1 aromatic heterocycles. The molecule has 3 N–H and O–H groups in total. The molecule has 0 atom stereocenters. The van der Waals surface area contributed by atoms with E-state index in [1.807, 2.05) is 31.2 Å². The molecule has 5 heteroatoms. The van der Waals surface area contributed by atoms with Crippen molar-refractivity contribution >= 4 is 5.91 Å². The van der Waals surface area contributed by atoms with E-state index in [1.54, 1.807) is 6.07 Å². The van der Waals surface area contributed by atoms with E-state index in [4.69, 9.17) is 14.9 Å². The molecule has 2 rings (SSSR count). The zero-order chi connectivity index (χ0) is 15.1. The second-order valence-electron chi connectivity index (χ2n) is 4.59. The lowest BCUT2D eigenvalue weighted by molar-refractivity contribution is 0.0949. The second kappa shape index (κ2) is 7.61. The van der Waals surface area contributed by atoms with Crippen LogP contribution in [0.5, 0.6) is 0 Å².